The summed E-state index contributed by atoms with van der Waals surface area (Å²) in [7, 11) is 1.83. The van der Waals surface area contributed by atoms with E-state index in [-0.39, 0.29) is 24.0 Å². The lowest BCUT2D eigenvalue weighted by Crippen LogP contribution is -2.43. The highest BCUT2D eigenvalue weighted by Crippen LogP contribution is 2.22. The van der Waals surface area contributed by atoms with Gasteiger partial charge in [-0.2, -0.15) is 0 Å². The molecule has 1 atom stereocenters. The quantitative estimate of drug-likeness (QED) is 0.195. The molecule has 1 unspecified atom stereocenters. The van der Waals surface area contributed by atoms with Crippen LogP contribution in [-0.2, 0) is 16.0 Å². The van der Waals surface area contributed by atoms with Crippen LogP contribution in [0.3, 0.4) is 0 Å². The molecule has 0 saturated carbocycles. The highest BCUT2D eigenvalue weighted by molar-refractivity contribution is 14.0. The summed E-state index contributed by atoms with van der Waals surface area (Å²) in [6.45, 7) is 7.37. The summed E-state index contributed by atoms with van der Waals surface area (Å²) in [5.41, 5.74) is 1.22. The van der Waals surface area contributed by atoms with Crippen LogP contribution in [-0.4, -0.2) is 70.0 Å². The first-order valence-corrected chi connectivity index (χ1v) is 11.7. The molecule has 1 aromatic rings. The van der Waals surface area contributed by atoms with E-state index in [4.69, 9.17) is 21.1 Å². The van der Waals surface area contributed by atoms with Gasteiger partial charge in [-0.3, -0.25) is 9.89 Å². The molecule has 0 radical (unpaired) electrons. The number of rotatable bonds is 10. The predicted molar refractivity (Wildman–Crippen MR) is 139 cm³/mol. The zero-order valence-electron chi connectivity index (χ0n) is 18.7. The minimum Gasteiger partial charge on any atom is -0.379 e. The van der Waals surface area contributed by atoms with E-state index in [1.54, 1.807) is 0 Å². The van der Waals surface area contributed by atoms with Crippen molar-refractivity contribution in [3.63, 3.8) is 0 Å². The predicted octanol–water partition coefficient (Wildman–Crippen LogP) is 3.92. The van der Waals surface area contributed by atoms with Crippen molar-refractivity contribution in [3.05, 3.63) is 34.9 Å². The summed E-state index contributed by atoms with van der Waals surface area (Å²) in [5, 5.41) is 7.74. The number of ether oxygens (including phenoxy) is 2. The molecule has 31 heavy (non-hydrogen) atoms. The van der Waals surface area contributed by atoms with E-state index in [9.17, 15) is 0 Å². The van der Waals surface area contributed by atoms with Crippen LogP contribution >= 0.6 is 35.6 Å². The third-order valence-electron chi connectivity index (χ3n) is 5.93. The highest BCUT2D eigenvalue weighted by atomic mass is 127. The van der Waals surface area contributed by atoms with Crippen molar-refractivity contribution in [2.75, 3.05) is 53.0 Å². The average molecular weight is 565 g/mol. The molecule has 0 aromatic heterocycles. The Labute approximate surface area is 209 Å². The number of aliphatic imine (C=N–C) groups is 1. The monoisotopic (exact) mass is 564 g/mol. The van der Waals surface area contributed by atoms with Crippen molar-refractivity contribution in [3.8, 4) is 0 Å². The molecular weight excluding hydrogens is 527 g/mol. The van der Waals surface area contributed by atoms with Crippen LogP contribution < -0.4 is 10.6 Å². The van der Waals surface area contributed by atoms with Crippen molar-refractivity contribution in [2.45, 2.75) is 44.8 Å². The van der Waals surface area contributed by atoms with E-state index in [0.29, 0.717) is 12.0 Å². The number of halogens is 2. The Kier molecular flexibility index (Phi) is 13.1. The molecule has 176 valence electrons. The highest BCUT2D eigenvalue weighted by Gasteiger charge is 2.20. The lowest BCUT2D eigenvalue weighted by Gasteiger charge is -2.32. The lowest BCUT2D eigenvalue weighted by atomic mass is 9.96. The third-order valence-corrected chi connectivity index (χ3v) is 6.30. The summed E-state index contributed by atoms with van der Waals surface area (Å²) in [4.78, 5) is 6.84. The zero-order chi connectivity index (χ0) is 21.0. The fourth-order valence-electron chi connectivity index (χ4n) is 4.05. The SMILES string of the molecule is CN=C(NCCCOCC1CCCO1)NCC1CCN(Cc2ccccc2Cl)CC1.I. The van der Waals surface area contributed by atoms with Gasteiger partial charge in [0.25, 0.3) is 0 Å². The second-order valence-corrected chi connectivity index (χ2v) is 8.66. The van der Waals surface area contributed by atoms with E-state index in [1.165, 1.54) is 18.4 Å². The number of guanidine groups is 1. The summed E-state index contributed by atoms with van der Waals surface area (Å²) >= 11 is 6.30. The molecular formula is C23H38ClIN4O2. The Bertz CT molecular complexity index is 650. The minimum absolute atomic E-state index is 0. The maximum Gasteiger partial charge on any atom is 0.190 e. The normalized spacial score (nSPS) is 20.5. The number of hydrogen-bond acceptors (Lipinski definition) is 4. The fraction of sp³-hybridized carbons (Fsp3) is 0.696. The van der Waals surface area contributed by atoms with Crippen molar-refractivity contribution in [1.82, 2.24) is 15.5 Å². The van der Waals surface area contributed by atoms with E-state index >= 15 is 0 Å². The molecule has 2 heterocycles. The van der Waals surface area contributed by atoms with E-state index in [0.717, 1.165) is 82.8 Å². The Morgan fingerprint density at radius 2 is 2.03 bits per heavy atom. The van der Waals surface area contributed by atoms with Gasteiger partial charge in [-0.25, -0.2) is 0 Å². The molecule has 0 spiro atoms. The average Bonchev–Trinajstić information content (AvgIpc) is 3.29. The van der Waals surface area contributed by atoms with Gasteiger partial charge in [0.15, 0.2) is 5.96 Å². The Morgan fingerprint density at radius 3 is 2.74 bits per heavy atom. The van der Waals surface area contributed by atoms with Gasteiger partial charge in [0.1, 0.15) is 0 Å². The first-order chi connectivity index (χ1) is 14.7. The smallest absolute Gasteiger partial charge is 0.190 e. The number of hydrogen-bond donors (Lipinski definition) is 2. The minimum atomic E-state index is 0. The van der Waals surface area contributed by atoms with Crippen LogP contribution in [0.2, 0.25) is 5.02 Å². The van der Waals surface area contributed by atoms with Gasteiger partial charge in [0.2, 0.25) is 0 Å². The van der Waals surface area contributed by atoms with Crippen molar-refractivity contribution in [2.24, 2.45) is 10.9 Å². The van der Waals surface area contributed by atoms with Gasteiger partial charge < -0.3 is 20.1 Å². The lowest BCUT2D eigenvalue weighted by molar-refractivity contribution is 0.0168. The first kappa shape index (κ1) is 26.6. The first-order valence-electron chi connectivity index (χ1n) is 11.3. The Morgan fingerprint density at radius 1 is 1.23 bits per heavy atom. The summed E-state index contributed by atoms with van der Waals surface area (Å²) in [6.07, 6.45) is 5.97. The summed E-state index contributed by atoms with van der Waals surface area (Å²) in [6, 6.07) is 8.15. The molecule has 8 heteroatoms. The van der Waals surface area contributed by atoms with Gasteiger partial charge in [-0.05, 0) is 62.7 Å². The summed E-state index contributed by atoms with van der Waals surface area (Å²) < 4.78 is 11.3. The fourth-order valence-corrected chi connectivity index (χ4v) is 4.24. The van der Waals surface area contributed by atoms with E-state index in [2.05, 4.69) is 32.7 Å². The van der Waals surface area contributed by atoms with Crippen LogP contribution in [0.4, 0.5) is 0 Å². The van der Waals surface area contributed by atoms with E-state index in [1.807, 2.05) is 19.2 Å². The zero-order valence-corrected chi connectivity index (χ0v) is 21.7. The number of likely N-dealkylation sites (tertiary alicyclic amines) is 1. The molecule has 1 aromatic carbocycles. The second kappa shape index (κ2) is 15.3. The van der Waals surface area contributed by atoms with Gasteiger partial charge in [0, 0.05) is 44.9 Å². The van der Waals surface area contributed by atoms with Gasteiger partial charge in [-0.1, -0.05) is 29.8 Å². The van der Waals surface area contributed by atoms with Crippen LogP contribution in [0.15, 0.2) is 29.3 Å². The molecule has 2 aliphatic rings. The largest absolute Gasteiger partial charge is 0.379 e. The van der Waals surface area contributed by atoms with Crippen molar-refractivity contribution < 1.29 is 9.47 Å². The van der Waals surface area contributed by atoms with Crippen LogP contribution in [0.25, 0.3) is 0 Å². The maximum absolute atomic E-state index is 6.30. The number of piperidine rings is 1. The van der Waals surface area contributed by atoms with Gasteiger partial charge >= 0.3 is 0 Å². The molecule has 2 fully saturated rings. The number of nitrogens with zero attached hydrogens (tertiary/aromatic N) is 2. The molecule has 0 amide bonds. The summed E-state index contributed by atoms with van der Waals surface area (Å²) in [5.74, 6) is 1.56. The van der Waals surface area contributed by atoms with Gasteiger partial charge in [-0.15, -0.1) is 24.0 Å². The molecule has 0 aliphatic carbocycles. The molecule has 0 bridgehead atoms. The second-order valence-electron chi connectivity index (χ2n) is 8.25. The standard InChI is InChI=1S/C23H37ClN4O2.HI/c1-25-23(26-11-5-14-29-18-21-7-4-15-30-21)27-16-19-9-12-28(13-10-19)17-20-6-2-3-8-22(20)24;/h2-3,6,8,19,21H,4-5,7,9-18H2,1H3,(H2,25,26,27);1H. The Balaban J connectivity index is 0.00000341. The van der Waals surface area contributed by atoms with Crippen LogP contribution in [0.1, 0.15) is 37.7 Å². The van der Waals surface area contributed by atoms with Gasteiger partial charge in [0.05, 0.1) is 12.7 Å². The van der Waals surface area contributed by atoms with E-state index < -0.39 is 0 Å². The molecule has 3 rings (SSSR count). The number of benzene rings is 1. The topological polar surface area (TPSA) is 58.1 Å². The third kappa shape index (κ3) is 9.82. The maximum atomic E-state index is 6.30. The van der Waals surface area contributed by atoms with Crippen molar-refractivity contribution >= 4 is 41.5 Å². The van der Waals surface area contributed by atoms with Crippen molar-refractivity contribution in [1.29, 1.82) is 0 Å². The molecule has 2 aliphatic heterocycles. The van der Waals surface area contributed by atoms with Crippen LogP contribution in [0.5, 0.6) is 0 Å². The molecule has 2 N–H and O–H groups in total. The molecule has 2 saturated heterocycles. The van der Waals surface area contributed by atoms with Crippen LogP contribution in [0, 0.1) is 5.92 Å². The Hall–Kier alpha value is -0.610. The molecule has 6 nitrogen and oxygen atoms in total. The number of nitrogens with one attached hydrogen (secondary N) is 2.